The summed E-state index contributed by atoms with van der Waals surface area (Å²) >= 11 is 19.6. The maximum atomic E-state index is 13.2. The number of amides is 2. The number of pyridine rings is 1. The third-order valence-electron chi connectivity index (χ3n) is 4.88. The third-order valence-corrected chi connectivity index (χ3v) is 6.89. The predicted molar refractivity (Wildman–Crippen MR) is 140 cm³/mol. The van der Waals surface area contributed by atoms with Gasteiger partial charge in [-0.3, -0.25) is 9.59 Å². The van der Waals surface area contributed by atoms with Crippen LogP contribution in [0.25, 0.3) is 0 Å². The molecule has 5 N–H and O–H groups in total. The van der Waals surface area contributed by atoms with Crippen molar-refractivity contribution in [3.05, 3.63) is 73.1 Å². The van der Waals surface area contributed by atoms with Crippen molar-refractivity contribution < 1.29 is 19.4 Å². The molecule has 2 amide bonds. The molecule has 186 valence electrons. The van der Waals surface area contributed by atoms with Gasteiger partial charge < -0.3 is 30.8 Å². The van der Waals surface area contributed by atoms with Gasteiger partial charge in [0, 0.05) is 22.8 Å². The number of aromatic nitrogens is 3. The molecule has 0 aliphatic carbocycles. The summed E-state index contributed by atoms with van der Waals surface area (Å²) in [4.78, 5) is 34.2. The minimum absolute atomic E-state index is 0.0408. The van der Waals surface area contributed by atoms with Crippen LogP contribution in [0.4, 0.5) is 17.5 Å². The number of methoxy groups -OCH3 is 1. The van der Waals surface area contributed by atoms with Gasteiger partial charge in [-0.25, -0.2) is 4.98 Å². The zero-order valence-corrected chi connectivity index (χ0v) is 21.5. The molecule has 36 heavy (non-hydrogen) atoms. The van der Waals surface area contributed by atoms with Gasteiger partial charge >= 0.3 is 0 Å². The van der Waals surface area contributed by atoms with Crippen molar-refractivity contribution in [3.8, 4) is 11.6 Å². The van der Waals surface area contributed by atoms with E-state index in [-0.39, 0.29) is 56.1 Å². The van der Waals surface area contributed by atoms with Crippen LogP contribution < -0.4 is 21.1 Å². The fourth-order valence-electron chi connectivity index (χ4n) is 3.22. The molecule has 4 aromatic rings. The number of rotatable bonds is 7. The fraction of sp³-hybridized carbons (Fsp3) is 0.0909. The molecule has 1 aromatic carbocycles. The lowest BCUT2D eigenvalue weighted by molar-refractivity contribution is 0.102. The number of ether oxygens (including phenoxy) is 1. The van der Waals surface area contributed by atoms with Gasteiger partial charge in [0.15, 0.2) is 0 Å². The van der Waals surface area contributed by atoms with E-state index in [4.69, 9.17) is 45.3 Å². The van der Waals surface area contributed by atoms with Crippen molar-refractivity contribution in [2.45, 2.75) is 6.54 Å². The Morgan fingerprint density at radius 3 is 2.58 bits per heavy atom. The SMILES string of the molecule is COc1cc(Cl)cc(C(=O)Nc2ccc(Cl)cn2)c1NC(=O)c1scc(Cn2cc(O)nc2N)c1Cl. The number of carbonyl (C=O) groups excluding carboxylic acids is 2. The summed E-state index contributed by atoms with van der Waals surface area (Å²) in [5.74, 6) is -0.883. The largest absolute Gasteiger partial charge is 0.494 e. The third kappa shape index (κ3) is 5.49. The molecule has 0 saturated carbocycles. The molecule has 0 saturated heterocycles. The Kier molecular flexibility index (Phi) is 7.55. The first-order chi connectivity index (χ1) is 17.2. The van der Waals surface area contributed by atoms with Crippen molar-refractivity contribution in [1.29, 1.82) is 0 Å². The number of thiophene rings is 1. The standard InChI is InChI=1S/C22H17Cl3N6O4S/c1-35-14-5-12(24)4-13(20(33)28-15-3-2-11(23)6-27-15)18(14)30-21(34)19-17(25)10(9-36-19)7-31-8-16(32)29-22(31)26/h2-6,8-9,32H,7H2,1H3,(H2,26,29)(H,30,34)(H,27,28,33). The summed E-state index contributed by atoms with van der Waals surface area (Å²) in [6.45, 7) is 0.189. The van der Waals surface area contributed by atoms with E-state index in [1.807, 2.05) is 0 Å². The summed E-state index contributed by atoms with van der Waals surface area (Å²) in [7, 11) is 1.38. The van der Waals surface area contributed by atoms with Gasteiger partial charge in [0.05, 0.1) is 41.1 Å². The van der Waals surface area contributed by atoms with Crippen molar-refractivity contribution >= 4 is 75.4 Å². The highest BCUT2D eigenvalue weighted by molar-refractivity contribution is 7.13. The maximum Gasteiger partial charge on any atom is 0.267 e. The number of nitrogen functional groups attached to an aromatic ring is 1. The number of anilines is 3. The van der Waals surface area contributed by atoms with Crippen molar-refractivity contribution in [2.24, 2.45) is 0 Å². The number of carbonyl (C=O) groups is 2. The number of hydrogen-bond acceptors (Lipinski definition) is 8. The number of nitrogens with zero attached hydrogens (tertiary/aromatic N) is 3. The molecule has 0 atom stereocenters. The van der Waals surface area contributed by atoms with Crippen LogP contribution in [0, 0.1) is 0 Å². The van der Waals surface area contributed by atoms with Gasteiger partial charge in [-0.1, -0.05) is 34.8 Å². The van der Waals surface area contributed by atoms with Crippen LogP contribution in [0.1, 0.15) is 25.6 Å². The van der Waals surface area contributed by atoms with E-state index in [9.17, 15) is 14.7 Å². The Morgan fingerprint density at radius 1 is 1.17 bits per heavy atom. The van der Waals surface area contributed by atoms with E-state index in [0.29, 0.717) is 10.6 Å². The van der Waals surface area contributed by atoms with Crippen LogP contribution in [0.2, 0.25) is 15.1 Å². The minimum atomic E-state index is -0.589. The Labute approximate surface area is 223 Å². The second kappa shape index (κ2) is 10.6. The number of aromatic hydroxyl groups is 1. The van der Waals surface area contributed by atoms with Gasteiger partial charge in [0.1, 0.15) is 16.4 Å². The van der Waals surface area contributed by atoms with Gasteiger partial charge in [0.2, 0.25) is 11.8 Å². The van der Waals surface area contributed by atoms with E-state index in [0.717, 1.165) is 11.3 Å². The second-order valence-corrected chi connectivity index (χ2v) is 9.42. The molecule has 0 radical (unpaired) electrons. The van der Waals surface area contributed by atoms with Crippen LogP contribution in [-0.2, 0) is 6.54 Å². The molecule has 0 unspecified atom stereocenters. The number of benzene rings is 1. The summed E-state index contributed by atoms with van der Waals surface area (Å²) in [6, 6.07) is 5.95. The van der Waals surface area contributed by atoms with E-state index >= 15 is 0 Å². The molecular weight excluding hydrogens is 551 g/mol. The highest BCUT2D eigenvalue weighted by atomic mass is 35.5. The van der Waals surface area contributed by atoms with E-state index in [1.165, 1.54) is 42.3 Å². The van der Waals surface area contributed by atoms with E-state index in [1.54, 1.807) is 11.4 Å². The molecule has 3 heterocycles. The zero-order valence-electron chi connectivity index (χ0n) is 18.4. The monoisotopic (exact) mass is 566 g/mol. The van der Waals surface area contributed by atoms with Crippen molar-refractivity contribution in [1.82, 2.24) is 14.5 Å². The van der Waals surface area contributed by atoms with Gasteiger partial charge in [-0.15, -0.1) is 11.3 Å². The lowest BCUT2D eigenvalue weighted by atomic mass is 10.1. The van der Waals surface area contributed by atoms with Crippen molar-refractivity contribution in [2.75, 3.05) is 23.5 Å². The molecule has 3 aromatic heterocycles. The second-order valence-electron chi connectivity index (χ2n) is 7.29. The molecule has 0 aliphatic rings. The lowest BCUT2D eigenvalue weighted by Gasteiger charge is -2.15. The quantitative estimate of drug-likeness (QED) is 0.242. The van der Waals surface area contributed by atoms with Gasteiger partial charge in [-0.2, -0.15) is 4.98 Å². The van der Waals surface area contributed by atoms with Crippen LogP contribution in [0.5, 0.6) is 11.6 Å². The van der Waals surface area contributed by atoms with Crippen molar-refractivity contribution in [3.63, 3.8) is 0 Å². The van der Waals surface area contributed by atoms with Gasteiger partial charge in [0.25, 0.3) is 11.8 Å². The lowest BCUT2D eigenvalue weighted by Crippen LogP contribution is -2.19. The normalized spacial score (nSPS) is 10.8. The Bertz CT molecular complexity index is 1450. The molecule has 0 aliphatic heterocycles. The summed E-state index contributed by atoms with van der Waals surface area (Å²) in [5, 5.41) is 17.3. The number of hydrogen-bond donors (Lipinski definition) is 4. The first-order valence-corrected chi connectivity index (χ1v) is 12.1. The predicted octanol–water partition coefficient (Wildman–Crippen LogP) is 5.15. The number of halogens is 3. The average molecular weight is 568 g/mol. The fourth-order valence-corrected chi connectivity index (χ4v) is 4.78. The summed E-state index contributed by atoms with van der Waals surface area (Å²) in [5.41, 5.74) is 6.48. The highest BCUT2D eigenvalue weighted by Gasteiger charge is 2.23. The van der Waals surface area contributed by atoms with Crippen LogP contribution in [0.15, 0.2) is 42.0 Å². The Hall–Kier alpha value is -3.51. The van der Waals surface area contributed by atoms with E-state index < -0.39 is 11.8 Å². The molecule has 0 spiro atoms. The highest BCUT2D eigenvalue weighted by Crippen LogP contribution is 2.35. The first kappa shape index (κ1) is 25.6. The molecule has 10 nitrogen and oxygen atoms in total. The molecule has 0 bridgehead atoms. The smallest absolute Gasteiger partial charge is 0.267 e. The molecule has 0 fully saturated rings. The number of imidazole rings is 1. The molecular formula is C22H17Cl3N6O4S. The minimum Gasteiger partial charge on any atom is -0.494 e. The summed E-state index contributed by atoms with van der Waals surface area (Å²) < 4.78 is 6.85. The van der Waals surface area contributed by atoms with E-state index in [2.05, 4.69) is 20.6 Å². The number of nitrogens with two attached hydrogens (primary N) is 1. The van der Waals surface area contributed by atoms with Crippen LogP contribution in [0.3, 0.4) is 0 Å². The van der Waals surface area contributed by atoms with Crippen LogP contribution >= 0.6 is 46.1 Å². The first-order valence-electron chi connectivity index (χ1n) is 10.1. The maximum absolute atomic E-state index is 13.2. The summed E-state index contributed by atoms with van der Waals surface area (Å²) in [6.07, 6.45) is 2.73. The zero-order chi connectivity index (χ0) is 26.0. The topological polar surface area (TPSA) is 144 Å². The molecule has 14 heteroatoms. The Morgan fingerprint density at radius 2 is 1.94 bits per heavy atom. The molecule has 4 rings (SSSR count). The van der Waals surface area contributed by atoms with Gasteiger partial charge in [-0.05, 0) is 23.6 Å². The average Bonchev–Trinajstić information content (AvgIpc) is 3.36. The van der Waals surface area contributed by atoms with Crippen LogP contribution in [-0.4, -0.2) is 38.6 Å². The Balaban J connectivity index is 1.62. The number of nitrogens with one attached hydrogen (secondary N) is 2.